The van der Waals surface area contributed by atoms with Crippen molar-refractivity contribution in [3.05, 3.63) is 83.6 Å². The number of phenolic OH excluding ortho intramolecular Hbond substituents is 1. The van der Waals surface area contributed by atoms with Gasteiger partial charge in [-0.15, -0.1) is 11.8 Å². The van der Waals surface area contributed by atoms with Gasteiger partial charge in [0.05, 0.1) is 28.3 Å². The Labute approximate surface area is 219 Å². The lowest BCUT2D eigenvalue weighted by Crippen LogP contribution is -2.31. The molecule has 0 radical (unpaired) electrons. The van der Waals surface area contributed by atoms with Crippen LogP contribution in [-0.4, -0.2) is 32.9 Å². The number of aromatic hydroxyl groups is 1. The summed E-state index contributed by atoms with van der Waals surface area (Å²) in [5.74, 6) is -3.33. The number of nitrogens with zero attached hydrogens (tertiary/aromatic N) is 1. The number of halogens is 3. The van der Waals surface area contributed by atoms with Crippen molar-refractivity contribution in [3.63, 3.8) is 0 Å². The number of ether oxygens (including phenoxy) is 2. The molecule has 0 bridgehead atoms. The molecule has 1 aliphatic heterocycles. The number of phenols is 1. The molecule has 0 saturated carbocycles. The van der Waals surface area contributed by atoms with Gasteiger partial charge in [-0.2, -0.15) is 4.39 Å². The standard InChI is InChI=1S/C28H22F3N3O3S/c1-28(8-10-36-19-6-4-3-5-16(19)28)21-13-33-27(34-21)15-11-20(18(35)12-17(15)29)37-25-23(31)22(30)24-14(7-9-32-24)26(25)38-2/h3-7,9,11-13,32,35H,8,10H2,1-2H3,(H,33,34). The number of hydrogen-bond acceptors (Lipinski definition) is 5. The average molecular weight is 538 g/mol. The van der Waals surface area contributed by atoms with Crippen LogP contribution >= 0.6 is 11.8 Å². The van der Waals surface area contributed by atoms with Crippen LogP contribution in [0, 0.1) is 17.5 Å². The van der Waals surface area contributed by atoms with Gasteiger partial charge in [-0.1, -0.05) is 18.2 Å². The summed E-state index contributed by atoms with van der Waals surface area (Å²) in [6.45, 7) is 2.56. The van der Waals surface area contributed by atoms with Gasteiger partial charge >= 0.3 is 0 Å². The number of para-hydroxylation sites is 1. The number of aromatic nitrogens is 3. The van der Waals surface area contributed by atoms with E-state index >= 15 is 8.78 Å². The normalized spacial score (nSPS) is 16.9. The molecule has 0 aliphatic carbocycles. The van der Waals surface area contributed by atoms with E-state index in [0.29, 0.717) is 29.0 Å². The number of benzene rings is 3. The average Bonchev–Trinajstić information content (AvgIpc) is 3.60. The van der Waals surface area contributed by atoms with Gasteiger partial charge in [0.15, 0.2) is 23.1 Å². The summed E-state index contributed by atoms with van der Waals surface area (Å²) in [5.41, 5.74) is 1.20. The Bertz CT molecular complexity index is 1700. The second-order valence-corrected chi connectivity index (χ2v) is 10.0. The van der Waals surface area contributed by atoms with Crippen LogP contribution in [0.25, 0.3) is 22.3 Å². The molecule has 10 heteroatoms. The zero-order valence-corrected chi connectivity index (χ0v) is 21.2. The first kappa shape index (κ1) is 24.3. The third-order valence-corrected chi connectivity index (χ3v) is 7.83. The van der Waals surface area contributed by atoms with Crippen LogP contribution in [0.15, 0.2) is 59.8 Å². The molecule has 0 saturated heterocycles. The molecule has 3 aromatic carbocycles. The summed E-state index contributed by atoms with van der Waals surface area (Å²) in [4.78, 5) is 10.7. The summed E-state index contributed by atoms with van der Waals surface area (Å²) in [5, 5.41) is 10.9. The highest BCUT2D eigenvalue weighted by atomic mass is 32.2. The van der Waals surface area contributed by atoms with Crippen molar-refractivity contribution >= 4 is 22.7 Å². The quantitative estimate of drug-likeness (QED) is 0.205. The van der Waals surface area contributed by atoms with Gasteiger partial charge in [-0.25, -0.2) is 13.8 Å². The monoisotopic (exact) mass is 537 g/mol. The number of H-pyrrole nitrogens is 2. The highest BCUT2D eigenvalue weighted by Gasteiger charge is 2.37. The number of rotatable bonds is 5. The zero-order valence-electron chi connectivity index (χ0n) is 20.4. The van der Waals surface area contributed by atoms with Crippen LogP contribution in [0.5, 0.6) is 23.0 Å². The van der Waals surface area contributed by atoms with E-state index in [-0.39, 0.29) is 22.7 Å². The Kier molecular flexibility index (Phi) is 5.79. The molecule has 5 aromatic rings. The minimum Gasteiger partial charge on any atom is -0.504 e. The van der Waals surface area contributed by atoms with E-state index in [1.54, 1.807) is 18.5 Å². The highest BCUT2D eigenvalue weighted by molar-refractivity contribution is 7.99. The molecule has 194 valence electrons. The second kappa shape index (κ2) is 9.05. The Morgan fingerprint density at radius 3 is 2.74 bits per heavy atom. The lowest BCUT2D eigenvalue weighted by molar-refractivity contribution is 0.241. The maximum atomic E-state index is 15.1. The van der Waals surface area contributed by atoms with E-state index in [0.717, 1.165) is 29.1 Å². The third kappa shape index (κ3) is 3.70. The van der Waals surface area contributed by atoms with Crippen molar-refractivity contribution in [2.75, 3.05) is 12.9 Å². The molecule has 6 rings (SSSR count). The molecule has 3 N–H and O–H groups in total. The van der Waals surface area contributed by atoms with Crippen molar-refractivity contribution in [1.29, 1.82) is 0 Å². The maximum Gasteiger partial charge on any atom is 0.204 e. The fraction of sp³-hybridized carbons (Fsp3) is 0.179. The van der Waals surface area contributed by atoms with Crippen LogP contribution in [0.4, 0.5) is 13.2 Å². The Balaban J connectivity index is 1.41. The van der Waals surface area contributed by atoms with E-state index < -0.39 is 34.4 Å². The van der Waals surface area contributed by atoms with Crippen molar-refractivity contribution in [2.24, 2.45) is 0 Å². The van der Waals surface area contributed by atoms with E-state index in [9.17, 15) is 9.50 Å². The van der Waals surface area contributed by atoms with Crippen LogP contribution in [0.2, 0.25) is 0 Å². The first-order chi connectivity index (χ1) is 18.3. The third-order valence-electron chi connectivity index (χ3n) is 7.01. The number of hydrogen-bond donors (Lipinski definition) is 3. The smallest absolute Gasteiger partial charge is 0.204 e. The Hall–Kier alpha value is -4.05. The van der Waals surface area contributed by atoms with Crippen molar-refractivity contribution < 1.29 is 27.8 Å². The topological polar surface area (TPSA) is 83.2 Å². The molecule has 0 spiro atoms. The lowest BCUT2D eigenvalue weighted by Gasteiger charge is -2.34. The van der Waals surface area contributed by atoms with Crippen molar-refractivity contribution in [3.8, 4) is 34.4 Å². The molecule has 3 heterocycles. The number of imidazole rings is 1. The fourth-order valence-corrected chi connectivity index (χ4v) is 5.64. The molecule has 1 aliphatic rings. The van der Waals surface area contributed by atoms with E-state index in [2.05, 4.69) is 21.9 Å². The predicted octanol–water partition coefficient (Wildman–Crippen LogP) is 7.28. The summed E-state index contributed by atoms with van der Waals surface area (Å²) >= 11 is 1.16. The minimum atomic E-state index is -1.22. The van der Waals surface area contributed by atoms with Gasteiger partial charge in [-0.3, -0.25) is 0 Å². The van der Waals surface area contributed by atoms with Crippen molar-refractivity contribution in [2.45, 2.75) is 23.7 Å². The van der Waals surface area contributed by atoms with Gasteiger partial charge < -0.3 is 24.5 Å². The van der Waals surface area contributed by atoms with E-state index in [1.807, 2.05) is 24.3 Å². The predicted molar refractivity (Wildman–Crippen MR) is 139 cm³/mol. The summed E-state index contributed by atoms with van der Waals surface area (Å²) in [6.07, 6.45) is 5.58. The van der Waals surface area contributed by atoms with E-state index in [4.69, 9.17) is 9.47 Å². The molecule has 1 atom stereocenters. The van der Waals surface area contributed by atoms with Crippen molar-refractivity contribution in [1.82, 2.24) is 15.0 Å². The zero-order chi connectivity index (χ0) is 26.6. The summed E-state index contributed by atoms with van der Waals surface area (Å²) < 4.78 is 56.3. The molecule has 1 unspecified atom stereocenters. The minimum absolute atomic E-state index is 0.00213. The van der Waals surface area contributed by atoms with Crippen LogP contribution in [0.1, 0.15) is 24.6 Å². The van der Waals surface area contributed by atoms with Gasteiger partial charge in [0.25, 0.3) is 0 Å². The Morgan fingerprint density at radius 1 is 1.11 bits per heavy atom. The molecule has 2 aromatic heterocycles. The lowest BCUT2D eigenvalue weighted by atomic mass is 9.75. The number of fused-ring (bicyclic) bond motifs is 2. The number of thioether (sulfide) groups is 1. The van der Waals surface area contributed by atoms with Crippen LogP contribution in [-0.2, 0) is 5.41 Å². The molecule has 0 amide bonds. The summed E-state index contributed by atoms with van der Waals surface area (Å²) in [6, 6.07) is 11.4. The first-order valence-corrected chi connectivity index (χ1v) is 13.0. The highest BCUT2D eigenvalue weighted by Crippen LogP contribution is 2.46. The van der Waals surface area contributed by atoms with E-state index in [1.165, 1.54) is 12.3 Å². The van der Waals surface area contributed by atoms with Crippen LogP contribution < -0.4 is 9.47 Å². The number of nitrogens with one attached hydrogen (secondary N) is 2. The summed E-state index contributed by atoms with van der Waals surface area (Å²) in [7, 11) is 0. The Morgan fingerprint density at radius 2 is 1.92 bits per heavy atom. The number of aromatic amines is 2. The molecular weight excluding hydrogens is 515 g/mol. The van der Waals surface area contributed by atoms with Gasteiger partial charge in [-0.05, 0) is 37.8 Å². The molecule has 38 heavy (non-hydrogen) atoms. The second-order valence-electron chi connectivity index (χ2n) is 9.22. The fourth-order valence-electron chi connectivity index (χ4n) is 4.94. The van der Waals surface area contributed by atoms with Gasteiger partial charge in [0.2, 0.25) is 5.82 Å². The van der Waals surface area contributed by atoms with Gasteiger partial charge in [0.1, 0.15) is 17.4 Å². The SMILES string of the molecule is CSc1c(Oc2cc(-c3nc(C4(C)CCOc5ccccc54)c[nH]3)c(F)cc2O)c(F)c(F)c2[nH]ccc12. The largest absolute Gasteiger partial charge is 0.504 e. The first-order valence-electron chi connectivity index (χ1n) is 11.8. The van der Waals surface area contributed by atoms with Crippen LogP contribution in [0.3, 0.4) is 0 Å². The maximum absolute atomic E-state index is 15.1. The molecular formula is C28H22F3N3O3S. The molecule has 6 nitrogen and oxygen atoms in total. The van der Waals surface area contributed by atoms with Gasteiger partial charge in [0, 0.05) is 34.8 Å². The molecule has 0 fully saturated rings.